The summed E-state index contributed by atoms with van der Waals surface area (Å²) < 4.78 is 9.48. The van der Waals surface area contributed by atoms with Crippen LogP contribution in [-0.4, -0.2) is 32.2 Å². The number of para-hydroxylation sites is 8. The summed E-state index contributed by atoms with van der Waals surface area (Å²) in [5.41, 5.74) is 19.4. The normalized spacial score (nSPS) is 11.5. The fourth-order valence-electron chi connectivity index (χ4n) is 12.1. The van der Waals surface area contributed by atoms with E-state index < -0.39 is 0 Å². The molecule has 0 amide bonds. The first-order chi connectivity index (χ1) is 39.1. The van der Waals surface area contributed by atoms with Crippen LogP contribution in [0.4, 0.5) is 0 Å². The molecule has 0 saturated carbocycles. The monoisotopic (exact) mass is 1030 g/mol. The highest BCUT2D eigenvalue weighted by molar-refractivity contribution is 7.19. The van der Waals surface area contributed by atoms with Gasteiger partial charge in [-0.05, 0) is 119 Å². The predicted octanol–water partition coefficient (Wildman–Crippen LogP) is 19.1. The molecule has 4 heterocycles. The van der Waals surface area contributed by atoms with Gasteiger partial charge in [0.25, 0.3) is 0 Å². The van der Waals surface area contributed by atoms with Gasteiger partial charge in [-0.25, -0.2) is 0 Å². The smallest absolute Gasteiger partial charge is 0.0709 e. The van der Waals surface area contributed by atoms with Crippen LogP contribution in [0.3, 0.4) is 0 Å². The average molecular weight is 1030 g/mol. The van der Waals surface area contributed by atoms with E-state index >= 15 is 0 Å². The van der Waals surface area contributed by atoms with Gasteiger partial charge in [0.2, 0.25) is 0 Å². The summed E-state index contributed by atoms with van der Waals surface area (Å²) in [6.07, 6.45) is 0. The van der Waals surface area contributed by atoms with Crippen LogP contribution in [0.15, 0.2) is 291 Å². The maximum absolute atomic E-state index is 4.81. The maximum atomic E-state index is 4.81. The van der Waals surface area contributed by atoms with Crippen LogP contribution in [0.5, 0.6) is 0 Å². The van der Waals surface area contributed by atoms with Gasteiger partial charge in [0, 0.05) is 65.8 Å². The van der Waals surface area contributed by atoms with Crippen LogP contribution in [0, 0.1) is 0 Å². The molecule has 0 fully saturated rings. The molecule has 6 heteroatoms. The second-order valence-corrected chi connectivity index (χ2v) is 20.4. The Balaban J connectivity index is 0.000000136. The van der Waals surface area contributed by atoms with Gasteiger partial charge >= 0.3 is 0 Å². The lowest BCUT2D eigenvalue weighted by molar-refractivity contribution is 1.17. The van der Waals surface area contributed by atoms with E-state index in [9.17, 15) is 0 Å². The van der Waals surface area contributed by atoms with Crippen molar-refractivity contribution in [2.24, 2.45) is 0 Å². The lowest BCUT2D eigenvalue weighted by Crippen LogP contribution is -1.95. The minimum absolute atomic E-state index is 0.667. The summed E-state index contributed by atoms with van der Waals surface area (Å²) in [7, 11) is 7.17. The number of nitrogens with zero attached hydrogens (tertiary/aromatic N) is 4. The Hall–Kier alpha value is -9.67. The number of hydrogen-bond acceptors (Lipinski definition) is 0. The van der Waals surface area contributed by atoms with Crippen LogP contribution >= 0.6 is 9.24 Å². The molecule has 0 N–H and O–H groups in total. The van der Waals surface area contributed by atoms with E-state index in [4.69, 9.17) is 7.85 Å². The van der Waals surface area contributed by atoms with Gasteiger partial charge in [-0.3, -0.25) is 0 Å². The fourth-order valence-corrected chi connectivity index (χ4v) is 12.1. The second kappa shape index (κ2) is 20.4. The zero-order chi connectivity index (χ0) is 52.8. The highest BCUT2D eigenvalue weighted by Crippen LogP contribution is 2.38. The molecule has 1 atom stereocenters. The van der Waals surface area contributed by atoms with Crippen LogP contribution < -0.4 is 0 Å². The summed E-state index contributed by atoms with van der Waals surface area (Å²) in [6, 6.07) is 106. The molecule has 0 aliphatic carbocycles. The van der Waals surface area contributed by atoms with Gasteiger partial charge in [-0.15, -0.1) is 9.24 Å². The molecule has 1 unspecified atom stereocenters. The Kier molecular flexibility index (Phi) is 12.3. The molecular weight excluding hydrogens is 975 g/mol. The first kappa shape index (κ1) is 47.8. The van der Waals surface area contributed by atoms with Crippen LogP contribution in [0.25, 0.3) is 132 Å². The van der Waals surface area contributed by atoms with Crippen LogP contribution in [0.2, 0.25) is 0 Å². The van der Waals surface area contributed by atoms with Gasteiger partial charge in [-0.2, -0.15) is 0 Å². The van der Waals surface area contributed by atoms with E-state index in [2.05, 4.69) is 319 Å². The number of hydrogen-bond donors (Lipinski definition) is 0. The van der Waals surface area contributed by atoms with Gasteiger partial charge < -0.3 is 18.3 Å². The summed E-state index contributed by atoms with van der Waals surface area (Å²) >= 11 is 0. The van der Waals surface area contributed by atoms with E-state index in [0.29, 0.717) is 6.06 Å². The van der Waals surface area contributed by atoms with Crippen molar-refractivity contribution in [1.82, 2.24) is 18.3 Å². The Labute approximate surface area is 462 Å². The molecule has 0 aliphatic heterocycles. The van der Waals surface area contributed by atoms with Crippen molar-refractivity contribution in [2.45, 2.75) is 0 Å². The lowest BCUT2D eigenvalue weighted by atomic mass is 10.0. The zero-order valence-corrected chi connectivity index (χ0v) is 44.5. The van der Waals surface area contributed by atoms with E-state index in [1.807, 2.05) is 0 Å². The van der Waals surface area contributed by atoms with Crippen LogP contribution in [-0.2, 0) is 0 Å². The van der Waals surface area contributed by atoms with Crippen molar-refractivity contribution >= 4 is 104 Å². The molecule has 0 bridgehead atoms. The molecule has 4 aromatic heterocycles. The quantitative estimate of drug-likeness (QED) is 0.117. The minimum atomic E-state index is 0.667. The van der Waals surface area contributed by atoms with Gasteiger partial charge in [0.05, 0.1) is 52.0 Å². The molecule has 0 spiro atoms. The average Bonchev–Trinajstić information content (AvgIpc) is 4.46. The van der Waals surface area contributed by atoms with Crippen LogP contribution in [0.1, 0.15) is 0 Å². The topological polar surface area (TPSA) is 19.7 Å². The van der Waals surface area contributed by atoms with Crippen molar-refractivity contribution in [3.63, 3.8) is 0 Å². The number of rotatable bonds is 6. The third-order valence-corrected chi connectivity index (χ3v) is 15.4. The zero-order valence-electron chi connectivity index (χ0n) is 43.4. The van der Waals surface area contributed by atoms with Crippen molar-refractivity contribution in [1.29, 1.82) is 0 Å². The van der Waals surface area contributed by atoms with Gasteiger partial charge in [0.15, 0.2) is 0 Å². The molecule has 16 rings (SSSR count). The summed E-state index contributed by atoms with van der Waals surface area (Å²) in [4.78, 5) is 0. The Morgan fingerprint density at radius 3 is 0.646 bits per heavy atom. The third-order valence-electron chi connectivity index (χ3n) is 15.4. The molecule has 12 aromatic carbocycles. The largest absolute Gasteiger partial charge is 0.309 e. The summed E-state index contributed by atoms with van der Waals surface area (Å²) in [5.74, 6) is 0. The second-order valence-electron chi connectivity index (χ2n) is 19.9. The molecule has 4 nitrogen and oxygen atoms in total. The van der Waals surface area contributed by atoms with E-state index in [1.54, 1.807) is 0 Å². The van der Waals surface area contributed by atoms with E-state index in [1.165, 1.54) is 132 Å². The molecule has 0 aliphatic rings. The van der Waals surface area contributed by atoms with Crippen molar-refractivity contribution < 1.29 is 0 Å². The Bertz CT molecular complexity index is 4380. The SMILES string of the molecule is [B]CP.c1cc(-c2cccc(-n3c4ccccc4c4ccccc43)c2)cc(-n2c3ccccc3c3ccccc32)c1.c1ccc2c(c1)c1ccccc1n2-c1ccc(-c2ccc(-n3c4ccccc4c4ccccc43)cc2)cc1. The van der Waals surface area contributed by atoms with Crippen molar-refractivity contribution in [2.75, 3.05) is 6.06 Å². The van der Waals surface area contributed by atoms with Gasteiger partial charge in [0.1, 0.15) is 0 Å². The van der Waals surface area contributed by atoms with E-state index in [-0.39, 0.29) is 0 Å². The molecule has 372 valence electrons. The highest BCUT2D eigenvalue weighted by Gasteiger charge is 2.17. The van der Waals surface area contributed by atoms with Crippen molar-refractivity contribution in [3.05, 3.63) is 291 Å². The predicted molar refractivity (Wildman–Crippen MR) is 341 cm³/mol. The standard InChI is InChI=1S/2C36H24N2.CH4BP/c1-5-19-33-29(15-1)30-16-2-6-20-34(30)37(33)27-13-9-11-25(23-27)26-12-10-14-28(24-26)38-35-21-7-3-17-31(35)32-18-4-8-22-36(32)38;1-5-13-33-29(9-1)30-10-2-6-14-34(30)37(33)27-21-17-25(18-22-27)26-19-23-28(24-20-26)38-35-15-7-3-11-31(35)32-12-4-8-16-36(32)38;2-1-3/h2*1-24H;1,3H2. The fraction of sp³-hybridized carbons (Fsp3) is 0.0137. The molecule has 79 heavy (non-hydrogen) atoms. The first-order valence-corrected chi connectivity index (χ1v) is 27.7. The number of fused-ring (bicyclic) bond motifs is 12. The van der Waals surface area contributed by atoms with Gasteiger partial charge in [-0.1, -0.05) is 200 Å². The van der Waals surface area contributed by atoms with Crippen molar-refractivity contribution in [3.8, 4) is 45.0 Å². The molecule has 16 aromatic rings. The molecular formula is C73H52BN4P. The molecule has 2 radical (unpaired) electrons. The molecule has 0 saturated heterocycles. The minimum Gasteiger partial charge on any atom is -0.309 e. The first-order valence-electron chi connectivity index (χ1n) is 26.9. The Morgan fingerprint density at radius 2 is 0.418 bits per heavy atom. The number of aromatic nitrogens is 4. The summed E-state index contributed by atoms with van der Waals surface area (Å²) in [6.45, 7) is 0. The third kappa shape index (κ3) is 8.30. The summed E-state index contributed by atoms with van der Waals surface area (Å²) in [5, 5.41) is 10.3. The van der Waals surface area contributed by atoms with E-state index in [0.717, 1.165) is 0 Å². The maximum Gasteiger partial charge on any atom is 0.0709 e. The lowest BCUT2D eigenvalue weighted by Gasteiger charge is -2.12. The Morgan fingerprint density at radius 1 is 0.215 bits per heavy atom. The number of benzene rings is 12. The highest BCUT2D eigenvalue weighted by atomic mass is 31.0.